The van der Waals surface area contributed by atoms with Crippen LogP contribution in [0, 0.1) is 0 Å². The molecule has 2 heteroatoms. The summed E-state index contributed by atoms with van der Waals surface area (Å²) >= 11 is 0. The van der Waals surface area contributed by atoms with Crippen molar-refractivity contribution in [2.24, 2.45) is 0 Å². The molecule has 1 aromatic rings. The van der Waals surface area contributed by atoms with Gasteiger partial charge in [-0.05, 0) is 37.4 Å². The molecule has 1 N–H and O–H groups in total. The average molecular weight is 205 g/mol. The molecule has 1 fully saturated rings. The van der Waals surface area contributed by atoms with E-state index < -0.39 is 0 Å². The lowest BCUT2D eigenvalue weighted by atomic mass is 10.1. The minimum absolute atomic E-state index is 0.353. The summed E-state index contributed by atoms with van der Waals surface area (Å²) in [6.45, 7) is 4.29. The van der Waals surface area contributed by atoms with Crippen LogP contribution in [0.25, 0.3) is 0 Å². The van der Waals surface area contributed by atoms with Crippen LogP contribution in [0.1, 0.15) is 25.3 Å². The second kappa shape index (κ2) is 5.17. The highest BCUT2D eigenvalue weighted by atomic mass is 16.5. The van der Waals surface area contributed by atoms with Crippen molar-refractivity contribution in [1.29, 1.82) is 0 Å². The Morgan fingerprint density at radius 1 is 1.40 bits per heavy atom. The van der Waals surface area contributed by atoms with Gasteiger partial charge in [-0.2, -0.15) is 0 Å². The summed E-state index contributed by atoms with van der Waals surface area (Å²) in [7, 11) is 0. The molecule has 0 aromatic heterocycles. The van der Waals surface area contributed by atoms with Crippen LogP contribution in [0.4, 0.5) is 0 Å². The molecule has 0 saturated carbocycles. The molecule has 1 heterocycles. The van der Waals surface area contributed by atoms with Gasteiger partial charge in [0.2, 0.25) is 0 Å². The first-order valence-corrected chi connectivity index (χ1v) is 5.85. The van der Waals surface area contributed by atoms with Crippen LogP contribution in [0.3, 0.4) is 0 Å². The van der Waals surface area contributed by atoms with Gasteiger partial charge in [-0.25, -0.2) is 0 Å². The molecule has 1 atom stereocenters. The third-order valence-electron chi connectivity index (χ3n) is 2.90. The highest BCUT2D eigenvalue weighted by Crippen LogP contribution is 2.21. The Balaban J connectivity index is 2.02. The topological polar surface area (TPSA) is 21.3 Å². The van der Waals surface area contributed by atoms with Crippen molar-refractivity contribution < 1.29 is 4.74 Å². The number of ether oxygens (including phenoxy) is 1. The molecular weight excluding hydrogens is 186 g/mol. The zero-order valence-corrected chi connectivity index (χ0v) is 9.33. The molecule has 15 heavy (non-hydrogen) atoms. The van der Waals surface area contributed by atoms with Crippen LogP contribution in [-0.2, 0) is 6.42 Å². The van der Waals surface area contributed by atoms with E-state index in [1.165, 1.54) is 18.4 Å². The van der Waals surface area contributed by atoms with E-state index in [1.54, 1.807) is 0 Å². The minimum atomic E-state index is 0.353. The smallest absolute Gasteiger partial charge is 0.122 e. The first-order valence-electron chi connectivity index (χ1n) is 5.85. The molecule has 0 radical (unpaired) electrons. The normalized spacial score (nSPS) is 21.3. The van der Waals surface area contributed by atoms with Crippen LogP contribution in [0.2, 0.25) is 0 Å². The first kappa shape index (κ1) is 10.5. The van der Waals surface area contributed by atoms with Crippen LogP contribution in [0.15, 0.2) is 24.3 Å². The predicted molar refractivity (Wildman–Crippen MR) is 62.3 cm³/mol. The fourth-order valence-electron chi connectivity index (χ4n) is 2.01. The van der Waals surface area contributed by atoms with Gasteiger partial charge in [0, 0.05) is 6.54 Å². The second-order valence-electron chi connectivity index (χ2n) is 4.05. The molecule has 1 aliphatic rings. The summed E-state index contributed by atoms with van der Waals surface area (Å²) in [6, 6.07) is 8.34. The number of hydrogen-bond donors (Lipinski definition) is 1. The Kier molecular flexibility index (Phi) is 3.62. The van der Waals surface area contributed by atoms with Gasteiger partial charge in [-0.3, -0.25) is 0 Å². The number of hydrogen-bond acceptors (Lipinski definition) is 2. The molecule has 0 aliphatic carbocycles. The monoisotopic (exact) mass is 205 g/mol. The number of aryl methyl sites for hydroxylation is 1. The zero-order chi connectivity index (χ0) is 10.5. The van der Waals surface area contributed by atoms with E-state index in [2.05, 4.69) is 30.4 Å². The van der Waals surface area contributed by atoms with Gasteiger partial charge in [0.25, 0.3) is 0 Å². The van der Waals surface area contributed by atoms with Gasteiger partial charge in [0.15, 0.2) is 0 Å². The molecule has 82 valence electrons. The fourth-order valence-corrected chi connectivity index (χ4v) is 2.01. The summed E-state index contributed by atoms with van der Waals surface area (Å²) in [4.78, 5) is 0. The van der Waals surface area contributed by atoms with Gasteiger partial charge in [0.05, 0.1) is 0 Å². The van der Waals surface area contributed by atoms with Gasteiger partial charge < -0.3 is 10.1 Å². The van der Waals surface area contributed by atoms with Crippen molar-refractivity contribution in [2.75, 3.05) is 13.1 Å². The highest BCUT2D eigenvalue weighted by Gasteiger charge is 2.15. The number of nitrogens with one attached hydrogen (secondary N) is 1. The van der Waals surface area contributed by atoms with Gasteiger partial charge in [-0.15, -0.1) is 0 Å². The van der Waals surface area contributed by atoms with E-state index in [9.17, 15) is 0 Å². The molecule has 0 amide bonds. The summed E-state index contributed by atoms with van der Waals surface area (Å²) < 4.78 is 6.01. The van der Waals surface area contributed by atoms with Crippen molar-refractivity contribution in [3.63, 3.8) is 0 Å². The molecule has 1 aromatic carbocycles. The van der Waals surface area contributed by atoms with E-state index in [0.717, 1.165) is 25.3 Å². The summed E-state index contributed by atoms with van der Waals surface area (Å²) in [5.41, 5.74) is 1.31. The Morgan fingerprint density at radius 2 is 2.27 bits per heavy atom. The molecule has 2 rings (SSSR count). The third kappa shape index (κ3) is 2.72. The van der Waals surface area contributed by atoms with E-state index in [4.69, 9.17) is 4.74 Å². The van der Waals surface area contributed by atoms with Crippen LogP contribution in [-0.4, -0.2) is 19.2 Å². The van der Waals surface area contributed by atoms with Crippen LogP contribution in [0.5, 0.6) is 5.75 Å². The Morgan fingerprint density at radius 3 is 3.00 bits per heavy atom. The molecule has 0 unspecified atom stereocenters. The minimum Gasteiger partial charge on any atom is -0.489 e. The van der Waals surface area contributed by atoms with E-state index in [1.807, 2.05) is 6.07 Å². The lowest BCUT2D eigenvalue weighted by molar-refractivity contribution is 0.165. The summed E-state index contributed by atoms with van der Waals surface area (Å²) in [6.07, 6.45) is 3.78. The summed E-state index contributed by atoms with van der Waals surface area (Å²) in [5, 5.41) is 3.37. The quantitative estimate of drug-likeness (QED) is 0.818. The SMILES string of the molecule is CCc1ccccc1O[C@H]1CCCNC1. The largest absolute Gasteiger partial charge is 0.489 e. The number of benzene rings is 1. The van der Waals surface area contributed by atoms with Crippen molar-refractivity contribution in [2.45, 2.75) is 32.3 Å². The van der Waals surface area contributed by atoms with E-state index >= 15 is 0 Å². The Hall–Kier alpha value is -1.02. The molecule has 1 aliphatic heterocycles. The van der Waals surface area contributed by atoms with Crippen molar-refractivity contribution in [1.82, 2.24) is 5.32 Å². The van der Waals surface area contributed by atoms with Gasteiger partial charge in [0.1, 0.15) is 11.9 Å². The van der Waals surface area contributed by atoms with Gasteiger partial charge >= 0.3 is 0 Å². The molecule has 0 spiro atoms. The molecular formula is C13H19NO. The maximum absolute atomic E-state index is 6.01. The lowest BCUT2D eigenvalue weighted by Crippen LogP contribution is -2.37. The van der Waals surface area contributed by atoms with Crippen molar-refractivity contribution >= 4 is 0 Å². The molecule has 0 bridgehead atoms. The first-order chi connectivity index (χ1) is 7.40. The molecule has 1 saturated heterocycles. The van der Waals surface area contributed by atoms with Crippen molar-refractivity contribution in [3.8, 4) is 5.75 Å². The highest BCUT2D eigenvalue weighted by molar-refractivity contribution is 5.33. The predicted octanol–water partition coefficient (Wildman–Crippen LogP) is 2.38. The van der Waals surface area contributed by atoms with Crippen LogP contribution < -0.4 is 10.1 Å². The van der Waals surface area contributed by atoms with E-state index in [0.29, 0.717) is 6.10 Å². The fraction of sp³-hybridized carbons (Fsp3) is 0.538. The zero-order valence-electron chi connectivity index (χ0n) is 9.33. The number of rotatable bonds is 3. The maximum Gasteiger partial charge on any atom is 0.122 e. The van der Waals surface area contributed by atoms with Crippen molar-refractivity contribution in [3.05, 3.63) is 29.8 Å². The van der Waals surface area contributed by atoms with Crippen LogP contribution >= 0.6 is 0 Å². The second-order valence-corrected chi connectivity index (χ2v) is 4.05. The van der Waals surface area contributed by atoms with Gasteiger partial charge in [-0.1, -0.05) is 25.1 Å². The maximum atomic E-state index is 6.01. The number of para-hydroxylation sites is 1. The Bertz CT molecular complexity index is 305. The average Bonchev–Trinajstić information content (AvgIpc) is 2.31. The lowest BCUT2D eigenvalue weighted by Gasteiger charge is -2.25. The van der Waals surface area contributed by atoms with E-state index in [-0.39, 0.29) is 0 Å². The standard InChI is InChI=1S/C13H19NO/c1-2-11-6-3-4-8-13(11)15-12-7-5-9-14-10-12/h3-4,6,8,12,14H,2,5,7,9-10H2,1H3/t12-/m0/s1. The summed E-state index contributed by atoms with van der Waals surface area (Å²) in [5.74, 6) is 1.06. The number of piperidine rings is 1. The third-order valence-corrected chi connectivity index (χ3v) is 2.90. The Labute approximate surface area is 91.6 Å². The molecule has 2 nitrogen and oxygen atoms in total.